The van der Waals surface area contributed by atoms with E-state index in [9.17, 15) is 29.4 Å². The lowest BCUT2D eigenvalue weighted by Crippen LogP contribution is -2.45. The summed E-state index contributed by atoms with van der Waals surface area (Å²) in [4.78, 5) is 51.4. The molecule has 0 heterocycles. The number of unbranched alkanes of at least 4 members (excludes halogenated alkanes) is 7. The number of phenolic OH excluding ortho intramolecular Hbond substituents is 2. The van der Waals surface area contributed by atoms with E-state index in [4.69, 9.17) is 0 Å². The fourth-order valence-corrected chi connectivity index (χ4v) is 5.69. The third-order valence-corrected chi connectivity index (χ3v) is 8.84. The van der Waals surface area contributed by atoms with Gasteiger partial charge in [-0.2, -0.15) is 0 Å². The second kappa shape index (κ2) is 22.5. The number of carbonyl (C=O) groups is 4. The maximum absolute atomic E-state index is 13.1. The maximum Gasteiger partial charge on any atom is 0.273 e. The summed E-state index contributed by atoms with van der Waals surface area (Å²) in [5.41, 5.74) is 11.5. The zero-order valence-electron chi connectivity index (χ0n) is 29.5. The van der Waals surface area contributed by atoms with Gasteiger partial charge >= 0.3 is 0 Å². The van der Waals surface area contributed by atoms with Gasteiger partial charge in [0.1, 0.15) is 11.5 Å². The van der Waals surface area contributed by atoms with E-state index < -0.39 is 17.7 Å². The predicted octanol–water partition coefficient (Wildman–Crippen LogP) is 7.18. The van der Waals surface area contributed by atoms with E-state index in [1.807, 2.05) is 13.0 Å². The Bertz CT molecular complexity index is 1310. The van der Waals surface area contributed by atoms with Crippen LogP contribution in [0.25, 0.3) is 0 Å². The van der Waals surface area contributed by atoms with E-state index in [0.717, 1.165) is 64.2 Å². The summed E-state index contributed by atoms with van der Waals surface area (Å²) in [7, 11) is 0. The SMILES string of the molecule is CCCCCCc1cccc(C(=O)NNC(=O)C(C)CCCC(CCCC)C(=O)NNC(=O)c2cccc(CCCCCC)c2O)c1O. The van der Waals surface area contributed by atoms with E-state index in [0.29, 0.717) is 49.7 Å². The van der Waals surface area contributed by atoms with Crippen molar-refractivity contribution in [3.63, 3.8) is 0 Å². The molecule has 0 radical (unpaired) electrons. The van der Waals surface area contributed by atoms with Gasteiger partial charge in [-0.15, -0.1) is 0 Å². The monoisotopic (exact) mass is 666 g/mol. The molecule has 0 aliphatic carbocycles. The third kappa shape index (κ3) is 13.6. The lowest BCUT2D eigenvalue weighted by Gasteiger charge is -2.19. The average Bonchev–Trinajstić information content (AvgIpc) is 3.08. The van der Waals surface area contributed by atoms with Gasteiger partial charge in [-0.3, -0.25) is 40.9 Å². The number of hydrazine groups is 2. The van der Waals surface area contributed by atoms with Crippen LogP contribution < -0.4 is 21.7 Å². The first-order valence-corrected chi connectivity index (χ1v) is 18.0. The van der Waals surface area contributed by atoms with E-state index in [2.05, 4.69) is 35.6 Å². The van der Waals surface area contributed by atoms with Crippen LogP contribution in [-0.2, 0) is 22.4 Å². The quantitative estimate of drug-likeness (QED) is 0.0612. The van der Waals surface area contributed by atoms with Crippen molar-refractivity contribution >= 4 is 23.6 Å². The largest absolute Gasteiger partial charge is 0.507 e. The summed E-state index contributed by atoms with van der Waals surface area (Å²) in [6.45, 7) is 8.06. The van der Waals surface area contributed by atoms with Crippen molar-refractivity contribution in [2.75, 3.05) is 0 Å². The van der Waals surface area contributed by atoms with Crippen LogP contribution in [0, 0.1) is 11.8 Å². The van der Waals surface area contributed by atoms with Crippen molar-refractivity contribution in [2.24, 2.45) is 11.8 Å². The molecule has 0 aromatic heterocycles. The highest BCUT2D eigenvalue weighted by Gasteiger charge is 2.22. The molecule has 48 heavy (non-hydrogen) atoms. The summed E-state index contributed by atoms with van der Waals surface area (Å²) in [6, 6.07) is 10.1. The molecule has 2 rings (SSSR count). The number of amides is 4. The van der Waals surface area contributed by atoms with E-state index in [-0.39, 0.29) is 40.4 Å². The topological polar surface area (TPSA) is 157 Å². The molecule has 0 aliphatic heterocycles. The minimum atomic E-state index is -0.589. The second-order valence-corrected chi connectivity index (χ2v) is 12.8. The summed E-state index contributed by atoms with van der Waals surface area (Å²) in [5, 5.41) is 21.3. The van der Waals surface area contributed by atoms with E-state index in [1.165, 1.54) is 12.1 Å². The number of carbonyl (C=O) groups excluding carboxylic acids is 4. The number of hydrogen-bond acceptors (Lipinski definition) is 6. The Morgan fingerprint density at radius 1 is 0.562 bits per heavy atom. The highest BCUT2D eigenvalue weighted by atomic mass is 16.3. The molecular formula is C38H58N4O6. The zero-order valence-corrected chi connectivity index (χ0v) is 29.5. The van der Waals surface area contributed by atoms with Crippen molar-refractivity contribution in [1.29, 1.82) is 0 Å². The molecule has 266 valence electrons. The maximum atomic E-state index is 13.1. The van der Waals surface area contributed by atoms with Crippen LogP contribution in [0.5, 0.6) is 11.5 Å². The van der Waals surface area contributed by atoms with Crippen molar-refractivity contribution in [1.82, 2.24) is 21.7 Å². The Kier molecular flexibility index (Phi) is 18.8. The smallest absolute Gasteiger partial charge is 0.273 e. The number of benzene rings is 2. The van der Waals surface area contributed by atoms with Crippen LogP contribution in [0.3, 0.4) is 0 Å². The molecule has 2 aromatic rings. The van der Waals surface area contributed by atoms with Crippen LogP contribution in [-0.4, -0.2) is 33.8 Å². The van der Waals surface area contributed by atoms with Gasteiger partial charge in [-0.25, -0.2) is 0 Å². The van der Waals surface area contributed by atoms with Gasteiger partial charge in [0, 0.05) is 11.8 Å². The second-order valence-electron chi connectivity index (χ2n) is 12.8. The van der Waals surface area contributed by atoms with Crippen molar-refractivity contribution in [3.05, 3.63) is 58.7 Å². The fraction of sp³-hybridized carbons (Fsp3) is 0.579. The molecule has 0 saturated heterocycles. The summed E-state index contributed by atoms with van der Waals surface area (Å²) in [6.07, 6.45) is 13.8. The van der Waals surface area contributed by atoms with Crippen molar-refractivity contribution < 1.29 is 29.4 Å². The number of para-hydroxylation sites is 2. The third-order valence-electron chi connectivity index (χ3n) is 8.84. The van der Waals surface area contributed by atoms with Gasteiger partial charge in [0.15, 0.2) is 0 Å². The molecule has 0 spiro atoms. The molecule has 0 saturated carbocycles. The highest BCUT2D eigenvalue weighted by Crippen LogP contribution is 2.26. The van der Waals surface area contributed by atoms with Crippen LogP contribution in [0.15, 0.2) is 36.4 Å². The highest BCUT2D eigenvalue weighted by molar-refractivity contribution is 5.99. The number of aromatic hydroxyl groups is 2. The molecule has 0 aliphatic rings. The Balaban J connectivity index is 1.84. The number of hydrogen-bond donors (Lipinski definition) is 6. The minimum Gasteiger partial charge on any atom is -0.507 e. The summed E-state index contributed by atoms with van der Waals surface area (Å²) < 4.78 is 0. The van der Waals surface area contributed by atoms with Crippen LogP contribution in [0.4, 0.5) is 0 Å². The number of phenols is 2. The lowest BCUT2D eigenvalue weighted by atomic mass is 9.92. The molecule has 10 heteroatoms. The van der Waals surface area contributed by atoms with Gasteiger partial charge in [0.05, 0.1) is 11.1 Å². The van der Waals surface area contributed by atoms with E-state index >= 15 is 0 Å². The number of aryl methyl sites for hydroxylation is 2. The molecule has 4 amide bonds. The Morgan fingerprint density at radius 2 is 1.02 bits per heavy atom. The minimum absolute atomic E-state index is 0.0603. The summed E-state index contributed by atoms with van der Waals surface area (Å²) >= 11 is 0. The normalized spacial score (nSPS) is 12.2. The summed E-state index contributed by atoms with van der Waals surface area (Å²) in [5.74, 6) is -2.78. The molecular weight excluding hydrogens is 608 g/mol. The molecule has 2 unspecified atom stereocenters. The predicted molar refractivity (Wildman–Crippen MR) is 189 cm³/mol. The van der Waals surface area contributed by atoms with E-state index in [1.54, 1.807) is 25.1 Å². The van der Waals surface area contributed by atoms with Gasteiger partial charge in [0.2, 0.25) is 11.8 Å². The molecule has 0 bridgehead atoms. The molecule has 2 aromatic carbocycles. The van der Waals surface area contributed by atoms with Gasteiger partial charge in [-0.1, -0.05) is 110 Å². The standard InChI is InChI=1S/C38H58N4O6/c1-5-8-11-13-20-28-22-16-25-31(33(28)43)37(47)41-39-35(45)27(4)18-15-24-30(19-10-7-3)36(46)40-42-38(48)32-26-17-23-29(34(32)44)21-14-12-9-6-2/h16-17,22-23,25-27,30,43-44H,5-15,18-21,24H2,1-4H3,(H,39,45)(H,40,46)(H,41,47)(H,42,48). The van der Waals surface area contributed by atoms with Crippen LogP contribution >= 0.6 is 0 Å². The fourth-order valence-electron chi connectivity index (χ4n) is 5.69. The first-order chi connectivity index (χ1) is 23.1. The Morgan fingerprint density at radius 3 is 1.50 bits per heavy atom. The van der Waals surface area contributed by atoms with Gasteiger partial charge in [0.25, 0.3) is 11.8 Å². The zero-order chi connectivity index (χ0) is 35.3. The Labute approximate surface area is 286 Å². The number of rotatable bonds is 21. The van der Waals surface area contributed by atoms with Crippen LogP contribution in [0.2, 0.25) is 0 Å². The first kappa shape index (κ1) is 40.1. The van der Waals surface area contributed by atoms with Crippen molar-refractivity contribution in [2.45, 2.75) is 130 Å². The molecule has 0 fully saturated rings. The van der Waals surface area contributed by atoms with Crippen LogP contribution in [0.1, 0.15) is 149 Å². The molecule has 10 nitrogen and oxygen atoms in total. The number of nitrogens with one attached hydrogen (secondary N) is 4. The Hall–Kier alpha value is -4.08. The lowest BCUT2D eigenvalue weighted by molar-refractivity contribution is -0.126. The molecule has 2 atom stereocenters. The first-order valence-electron chi connectivity index (χ1n) is 18.0. The molecule has 6 N–H and O–H groups in total. The van der Waals surface area contributed by atoms with Crippen molar-refractivity contribution in [3.8, 4) is 11.5 Å². The average molecular weight is 667 g/mol. The van der Waals surface area contributed by atoms with Gasteiger partial charge < -0.3 is 10.2 Å². The van der Waals surface area contributed by atoms with Gasteiger partial charge in [-0.05, 0) is 68.2 Å².